The van der Waals surface area contributed by atoms with E-state index in [1.807, 2.05) is 11.8 Å². The molecule has 0 amide bonds. The lowest BCUT2D eigenvalue weighted by Gasteiger charge is -2.19. The highest BCUT2D eigenvalue weighted by molar-refractivity contribution is 7.99. The van der Waals surface area contributed by atoms with Crippen LogP contribution in [0.3, 0.4) is 0 Å². The van der Waals surface area contributed by atoms with Gasteiger partial charge in [-0.2, -0.15) is 20.4 Å². The second kappa shape index (κ2) is 12.5. The number of ether oxygens (including phenoxy) is 1. The Bertz CT molecular complexity index is 1230. The Morgan fingerprint density at radius 2 is 1.89 bits per heavy atom. The minimum atomic E-state index is -5.65. The van der Waals surface area contributed by atoms with E-state index in [1.165, 1.54) is 6.33 Å². The van der Waals surface area contributed by atoms with Crippen LogP contribution in [0.2, 0.25) is 0 Å². The van der Waals surface area contributed by atoms with Gasteiger partial charge in [0.05, 0.1) is 18.1 Å². The summed E-state index contributed by atoms with van der Waals surface area (Å²) in [5.41, 5.74) is 7.48. The first-order valence-electron chi connectivity index (χ1n) is 11.0. The zero-order chi connectivity index (χ0) is 27.4. The molecule has 16 nitrogen and oxygen atoms in total. The summed E-state index contributed by atoms with van der Waals surface area (Å²) in [5.74, 6) is 2.18. The largest absolute Gasteiger partial charge is 0.490 e. The molecule has 210 valence electrons. The van der Waals surface area contributed by atoms with E-state index in [9.17, 15) is 28.6 Å². The van der Waals surface area contributed by atoms with Crippen LogP contribution in [0.25, 0.3) is 11.0 Å². The molecule has 2 aromatic heterocycles. The van der Waals surface area contributed by atoms with Crippen molar-refractivity contribution in [2.45, 2.75) is 51.0 Å². The predicted octanol–water partition coefficient (Wildman–Crippen LogP) is 2.08. The summed E-state index contributed by atoms with van der Waals surface area (Å²) in [6, 6.07) is 0. The molecule has 1 aliphatic rings. The number of unbranched alkanes of at least 4 members (excludes halogenated alkanes) is 1. The number of phosphoric acid groups is 3. The van der Waals surface area contributed by atoms with E-state index in [1.54, 1.807) is 10.8 Å². The van der Waals surface area contributed by atoms with Gasteiger partial charge in [-0.1, -0.05) is 13.3 Å². The SMILES string of the molecule is CCCCSCCc1cn([C@H]2C[C@H](O)[C@@H](COP(=O)(O)OP(=O)(O)OP(=O)(O)O)O2)c2ncnc(N)c12. The molecule has 3 heterocycles. The number of fused-ring (bicyclic) bond motifs is 1. The average molecular weight is 606 g/mol. The van der Waals surface area contributed by atoms with Crippen molar-refractivity contribution in [2.75, 3.05) is 23.8 Å². The van der Waals surface area contributed by atoms with E-state index in [0.717, 1.165) is 29.9 Å². The number of aliphatic hydroxyl groups excluding tert-OH is 1. The third-order valence-electron chi connectivity index (χ3n) is 5.21. The Morgan fingerprint density at radius 3 is 2.57 bits per heavy atom. The normalized spacial score (nSPS) is 23.8. The van der Waals surface area contributed by atoms with Crippen LogP contribution in [0.1, 0.15) is 38.0 Å². The van der Waals surface area contributed by atoms with E-state index in [-0.39, 0.29) is 6.42 Å². The third kappa shape index (κ3) is 8.80. The third-order valence-corrected chi connectivity index (χ3v) is 10.1. The molecule has 0 bridgehead atoms. The van der Waals surface area contributed by atoms with Crippen LogP contribution in [0.5, 0.6) is 0 Å². The minimum absolute atomic E-state index is 0.0444. The fourth-order valence-corrected chi connectivity index (χ4v) is 7.72. The maximum absolute atomic E-state index is 12.0. The number of aryl methyl sites for hydroxylation is 1. The summed E-state index contributed by atoms with van der Waals surface area (Å²) in [6.07, 6.45) is 2.96. The van der Waals surface area contributed by atoms with Crippen LogP contribution < -0.4 is 5.73 Å². The van der Waals surface area contributed by atoms with E-state index < -0.39 is 48.5 Å². The number of nitrogens with two attached hydrogens (primary N) is 1. The van der Waals surface area contributed by atoms with Gasteiger partial charge in [0.25, 0.3) is 0 Å². The monoisotopic (exact) mass is 606 g/mol. The fourth-order valence-electron chi connectivity index (χ4n) is 3.63. The zero-order valence-electron chi connectivity index (χ0n) is 19.6. The van der Waals surface area contributed by atoms with Crippen molar-refractivity contribution < 1.29 is 56.3 Å². The summed E-state index contributed by atoms with van der Waals surface area (Å²) in [6.45, 7) is 1.36. The van der Waals surface area contributed by atoms with E-state index in [4.69, 9.17) is 20.3 Å². The maximum atomic E-state index is 12.0. The molecule has 3 rings (SSSR count). The molecule has 0 radical (unpaired) electrons. The van der Waals surface area contributed by atoms with E-state index >= 15 is 0 Å². The Balaban J connectivity index is 1.68. The van der Waals surface area contributed by atoms with Crippen LogP contribution >= 0.6 is 35.2 Å². The number of rotatable bonds is 14. The Labute approximate surface area is 216 Å². The Kier molecular flexibility index (Phi) is 10.4. The summed E-state index contributed by atoms with van der Waals surface area (Å²) in [4.78, 5) is 44.5. The molecule has 5 atom stereocenters. The van der Waals surface area contributed by atoms with Crippen LogP contribution in [0.15, 0.2) is 12.5 Å². The lowest BCUT2D eigenvalue weighted by molar-refractivity contribution is -0.0422. The van der Waals surface area contributed by atoms with Crippen molar-refractivity contribution in [1.82, 2.24) is 14.5 Å². The highest BCUT2D eigenvalue weighted by Gasteiger charge is 2.43. The van der Waals surface area contributed by atoms with Crippen molar-refractivity contribution in [3.05, 3.63) is 18.1 Å². The minimum Gasteiger partial charge on any atom is -0.390 e. The molecule has 0 aliphatic carbocycles. The quantitative estimate of drug-likeness (QED) is 0.133. The standard InChI is InChI=1S/C17H29N4O12P3S/c1-2-3-5-37-6-4-11-8-21(17-15(11)16(18)19-10-20-17)14-7-12(22)13(31-14)9-30-35(26,27)33-36(28,29)32-34(23,24)25/h8,10,12-14,22H,2-7,9H2,1H3,(H,26,27)(H,28,29)(H2,18,19,20)(H2,23,24,25)/t12-,13+,14+/m0/s1. The molecule has 2 aromatic rings. The number of anilines is 1. The van der Waals surface area contributed by atoms with Gasteiger partial charge in [-0.25, -0.2) is 23.7 Å². The Hall–Kier alpha value is -0.900. The predicted molar refractivity (Wildman–Crippen MR) is 132 cm³/mol. The van der Waals surface area contributed by atoms with Gasteiger partial charge in [-0.15, -0.1) is 0 Å². The second-order valence-corrected chi connectivity index (χ2v) is 13.7. The van der Waals surface area contributed by atoms with Crippen LogP contribution in [0.4, 0.5) is 5.82 Å². The topological polar surface area (TPSA) is 246 Å². The number of nitrogen functional groups attached to an aromatic ring is 1. The van der Waals surface area contributed by atoms with Gasteiger partial charge in [0, 0.05) is 12.6 Å². The van der Waals surface area contributed by atoms with Crippen LogP contribution in [0, 0.1) is 0 Å². The number of aromatic nitrogens is 3. The summed E-state index contributed by atoms with van der Waals surface area (Å²) >= 11 is 1.81. The van der Waals surface area contributed by atoms with Crippen molar-refractivity contribution in [3.63, 3.8) is 0 Å². The lowest BCUT2D eigenvalue weighted by Crippen LogP contribution is -2.26. The van der Waals surface area contributed by atoms with E-state index in [2.05, 4.69) is 30.0 Å². The van der Waals surface area contributed by atoms with Crippen LogP contribution in [-0.2, 0) is 38.0 Å². The molecule has 1 fully saturated rings. The summed E-state index contributed by atoms with van der Waals surface area (Å²) < 4.78 is 53.6. The van der Waals surface area contributed by atoms with Gasteiger partial charge >= 0.3 is 23.5 Å². The molecule has 7 N–H and O–H groups in total. The van der Waals surface area contributed by atoms with Crippen molar-refractivity contribution in [2.24, 2.45) is 0 Å². The molecule has 20 heteroatoms. The van der Waals surface area contributed by atoms with Crippen molar-refractivity contribution >= 4 is 52.1 Å². The molecular formula is C17H29N4O12P3S. The first-order chi connectivity index (χ1) is 17.2. The second-order valence-electron chi connectivity index (χ2n) is 8.05. The van der Waals surface area contributed by atoms with Gasteiger partial charge in [-0.05, 0) is 29.9 Å². The first kappa shape index (κ1) is 30.6. The lowest BCUT2D eigenvalue weighted by atomic mass is 10.2. The van der Waals surface area contributed by atoms with Gasteiger partial charge in [-0.3, -0.25) is 4.52 Å². The first-order valence-corrected chi connectivity index (χ1v) is 16.7. The van der Waals surface area contributed by atoms with Gasteiger partial charge < -0.3 is 39.7 Å². The van der Waals surface area contributed by atoms with Crippen molar-refractivity contribution in [3.8, 4) is 0 Å². The molecule has 0 aromatic carbocycles. The van der Waals surface area contributed by atoms with Gasteiger partial charge in [0.1, 0.15) is 30.1 Å². The summed E-state index contributed by atoms with van der Waals surface area (Å²) in [5, 5.41) is 11.1. The molecular weight excluding hydrogens is 577 g/mol. The maximum Gasteiger partial charge on any atom is 0.490 e. The number of aliphatic hydroxyl groups is 1. The van der Waals surface area contributed by atoms with Crippen LogP contribution in [-0.4, -0.2) is 69.5 Å². The van der Waals surface area contributed by atoms with Gasteiger partial charge in [0.2, 0.25) is 0 Å². The number of hydrogen-bond donors (Lipinski definition) is 6. The zero-order valence-corrected chi connectivity index (χ0v) is 23.1. The summed E-state index contributed by atoms with van der Waals surface area (Å²) in [7, 11) is -16.5. The average Bonchev–Trinajstić information content (AvgIpc) is 3.30. The molecule has 0 spiro atoms. The smallest absolute Gasteiger partial charge is 0.390 e. The highest BCUT2D eigenvalue weighted by atomic mass is 32.2. The van der Waals surface area contributed by atoms with Gasteiger partial charge in [0.15, 0.2) is 0 Å². The Morgan fingerprint density at radius 1 is 1.16 bits per heavy atom. The molecule has 1 saturated heterocycles. The number of hydrogen-bond acceptors (Lipinski definition) is 12. The number of nitrogens with zero attached hydrogens (tertiary/aromatic N) is 3. The highest BCUT2D eigenvalue weighted by Crippen LogP contribution is 2.66. The van der Waals surface area contributed by atoms with E-state index in [0.29, 0.717) is 23.3 Å². The number of thioether (sulfide) groups is 1. The molecule has 2 unspecified atom stereocenters. The van der Waals surface area contributed by atoms with Crippen molar-refractivity contribution in [1.29, 1.82) is 0 Å². The number of phosphoric ester groups is 1. The molecule has 37 heavy (non-hydrogen) atoms. The molecule has 0 saturated carbocycles. The fraction of sp³-hybridized carbons (Fsp3) is 0.647. The molecule has 1 aliphatic heterocycles.